The topological polar surface area (TPSA) is 131 Å². The van der Waals surface area contributed by atoms with Crippen LogP contribution in [-0.2, 0) is 6.61 Å². The molecule has 0 spiro atoms. The number of hydrogen-bond donors (Lipinski definition) is 3. The Morgan fingerprint density at radius 1 is 1.38 bits per heavy atom. The summed E-state index contributed by atoms with van der Waals surface area (Å²) in [5, 5.41) is 22.8. The van der Waals surface area contributed by atoms with Crippen LogP contribution < -0.4 is 11.1 Å². The summed E-state index contributed by atoms with van der Waals surface area (Å²) in [5.74, 6) is -0.786. The smallest absolute Gasteiger partial charge is 0.312 e. The van der Waals surface area contributed by atoms with Crippen LogP contribution in [0.2, 0.25) is 0 Å². The van der Waals surface area contributed by atoms with E-state index in [1.54, 1.807) is 24.3 Å². The van der Waals surface area contributed by atoms with Crippen molar-refractivity contribution in [2.24, 2.45) is 5.73 Å². The third-order valence-electron chi connectivity index (χ3n) is 2.75. The second kappa shape index (κ2) is 5.97. The van der Waals surface area contributed by atoms with Crippen LogP contribution in [-0.4, -0.2) is 20.9 Å². The average Bonchev–Trinajstić information content (AvgIpc) is 2.48. The summed E-state index contributed by atoms with van der Waals surface area (Å²) in [6, 6.07) is 7.72. The Morgan fingerprint density at radius 3 is 2.57 bits per heavy atom. The standard InChI is InChI=1S/C13H12N4O4/c14-12(19)9-5-11(17(20)21)13(15-6-9)16-10-3-1-8(7-18)2-4-10/h1-6,18H,7H2,(H2,14,19)(H,15,16). The average molecular weight is 288 g/mol. The van der Waals surface area contributed by atoms with E-state index >= 15 is 0 Å². The lowest BCUT2D eigenvalue weighted by atomic mass is 10.2. The molecule has 0 atom stereocenters. The minimum absolute atomic E-state index is 0.00162. The Hall–Kier alpha value is -3.00. The summed E-state index contributed by atoms with van der Waals surface area (Å²) >= 11 is 0. The molecule has 21 heavy (non-hydrogen) atoms. The molecule has 0 fully saturated rings. The van der Waals surface area contributed by atoms with E-state index in [1.165, 1.54) is 6.20 Å². The molecule has 8 nitrogen and oxygen atoms in total. The molecule has 0 aliphatic carbocycles. The number of aliphatic hydroxyl groups excluding tert-OH is 1. The minimum atomic E-state index is -0.788. The van der Waals surface area contributed by atoms with Gasteiger partial charge in [0.25, 0.3) is 5.91 Å². The van der Waals surface area contributed by atoms with E-state index in [-0.39, 0.29) is 23.7 Å². The molecular weight excluding hydrogens is 276 g/mol. The number of nitrogens with two attached hydrogens (primary N) is 1. The number of nitro groups is 1. The van der Waals surface area contributed by atoms with Gasteiger partial charge in [-0.1, -0.05) is 12.1 Å². The summed E-state index contributed by atoms with van der Waals surface area (Å²) in [5.41, 5.74) is 5.96. The Bertz CT molecular complexity index is 685. The summed E-state index contributed by atoms with van der Waals surface area (Å²) in [6.07, 6.45) is 1.17. The van der Waals surface area contributed by atoms with Crippen LogP contribution in [0.1, 0.15) is 15.9 Å². The van der Waals surface area contributed by atoms with Gasteiger partial charge in [0.1, 0.15) is 0 Å². The Labute approximate surface area is 119 Å². The van der Waals surface area contributed by atoms with Gasteiger partial charge in [-0.3, -0.25) is 14.9 Å². The minimum Gasteiger partial charge on any atom is -0.392 e. The lowest BCUT2D eigenvalue weighted by Crippen LogP contribution is -2.12. The number of rotatable bonds is 5. The van der Waals surface area contributed by atoms with Crippen LogP contribution in [0, 0.1) is 10.1 Å². The Kier molecular flexibility index (Phi) is 4.10. The van der Waals surface area contributed by atoms with Gasteiger partial charge in [0.15, 0.2) is 0 Å². The SMILES string of the molecule is NC(=O)c1cnc(Nc2ccc(CO)cc2)c([N+](=O)[O-])c1. The van der Waals surface area contributed by atoms with Crippen LogP contribution in [0.5, 0.6) is 0 Å². The van der Waals surface area contributed by atoms with Gasteiger partial charge in [0, 0.05) is 18.0 Å². The number of anilines is 2. The van der Waals surface area contributed by atoms with Crippen molar-refractivity contribution >= 4 is 23.1 Å². The molecule has 1 amide bonds. The predicted octanol–water partition coefficient (Wildman–Crippen LogP) is 1.32. The fourth-order valence-corrected chi connectivity index (χ4v) is 1.65. The van der Waals surface area contributed by atoms with Crippen molar-refractivity contribution in [2.75, 3.05) is 5.32 Å². The Balaban J connectivity index is 2.34. The maximum absolute atomic E-state index is 11.0. The monoisotopic (exact) mass is 288 g/mol. The van der Waals surface area contributed by atoms with Gasteiger partial charge in [-0.2, -0.15) is 0 Å². The highest BCUT2D eigenvalue weighted by Crippen LogP contribution is 2.26. The van der Waals surface area contributed by atoms with Gasteiger partial charge < -0.3 is 16.2 Å². The van der Waals surface area contributed by atoms with Crippen molar-refractivity contribution in [3.8, 4) is 0 Å². The fraction of sp³-hybridized carbons (Fsp3) is 0.0769. The third-order valence-corrected chi connectivity index (χ3v) is 2.75. The number of nitrogens with one attached hydrogen (secondary N) is 1. The Morgan fingerprint density at radius 2 is 2.05 bits per heavy atom. The number of primary amides is 1. The number of aromatic nitrogens is 1. The molecule has 0 aliphatic rings. The third kappa shape index (κ3) is 3.31. The summed E-state index contributed by atoms with van der Waals surface area (Å²) in [6.45, 7) is -0.0913. The maximum atomic E-state index is 11.0. The molecule has 0 unspecified atom stereocenters. The molecule has 0 saturated carbocycles. The maximum Gasteiger partial charge on any atom is 0.312 e. The van der Waals surface area contributed by atoms with Gasteiger partial charge in [-0.25, -0.2) is 4.98 Å². The van der Waals surface area contributed by atoms with E-state index < -0.39 is 10.8 Å². The largest absolute Gasteiger partial charge is 0.392 e. The molecule has 8 heteroatoms. The van der Waals surface area contributed by atoms with Crippen molar-refractivity contribution < 1.29 is 14.8 Å². The van der Waals surface area contributed by atoms with Crippen LogP contribution in [0.4, 0.5) is 17.2 Å². The molecule has 1 aromatic heterocycles. The number of hydrogen-bond acceptors (Lipinski definition) is 6. The van der Waals surface area contributed by atoms with E-state index in [1.807, 2.05) is 0 Å². The molecule has 0 aliphatic heterocycles. The lowest BCUT2D eigenvalue weighted by Gasteiger charge is -2.07. The first-order valence-electron chi connectivity index (χ1n) is 5.92. The highest BCUT2D eigenvalue weighted by Gasteiger charge is 2.18. The highest BCUT2D eigenvalue weighted by atomic mass is 16.6. The first-order valence-corrected chi connectivity index (χ1v) is 5.92. The van der Waals surface area contributed by atoms with Gasteiger partial charge >= 0.3 is 5.69 Å². The fourth-order valence-electron chi connectivity index (χ4n) is 1.65. The predicted molar refractivity (Wildman–Crippen MR) is 75.1 cm³/mol. The van der Waals surface area contributed by atoms with Crippen molar-refractivity contribution in [1.82, 2.24) is 4.98 Å². The van der Waals surface area contributed by atoms with Gasteiger partial charge in [-0.15, -0.1) is 0 Å². The number of amides is 1. The number of carbonyl (C=O) groups excluding carboxylic acids is 1. The number of benzene rings is 1. The van der Waals surface area contributed by atoms with Crippen LogP contribution in [0.3, 0.4) is 0 Å². The normalized spacial score (nSPS) is 10.1. The van der Waals surface area contributed by atoms with E-state index in [2.05, 4.69) is 10.3 Å². The van der Waals surface area contributed by atoms with Crippen molar-refractivity contribution in [2.45, 2.75) is 6.61 Å². The first kappa shape index (κ1) is 14.4. The molecule has 0 saturated heterocycles. The van der Waals surface area contributed by atoms with Crippen molar-refractivity contribution in [3.63, 3.8) is 0 Å². The molecule has 1 heterocycles. The second-order valence-electron chi connectivity index (χ2n) is 4.19. The molecule has 2 aromatic rings. The molecular formula is C13H12N4O4. The van der Waals surface area contributed by atoms with Gasteiger partial charge in [-0.05, 0) is 17.7 Å². The van der Waals surface area contributed by atoms with E-state index in [9.17, 15) is 14.9 Å². The summed E-state index contributed by atoms with van der Waals surface area (Å²) < 4.78 is 0. The summed E-state index contributed by atoms with van der Waals surface area (Å²) in [4.78, 5) is 25.3. The zero-order valence-corrected chi connectivity index (χ0v) is 10.8. The van der Waals surface area contributed by atoms with E-state index in [0.29, 0.717) is 11.3 Å². The molecule has 0 radical (unpaired) electrons. The quantitative estimate of drug-likeness (QED) is 0.561. The number of pyridine rings is 1. The molecule has 2 rings (SSSR count). The zero-order chi connectivity index (χ0) is 15.4. The molecule has 4 N–H and O–H groups in total. The van der Waals surface area contributed by atoms with E-state index in [0.717, 1.165) is 6.07 Å². The molecule has 0 bridgehead atoms. The molecule has 1 aromatic carbocycles. The first-order chi connectivity index (χ1) is 10.0. The number of carbonyl (C=O) groups is 1. The lowest BCUT2D eigenvalue weighted by molar-refractivity contribution is -0.384. The van der Waals surface area contributed by atoms with Gasteiger partial charge in [0.05, 0.1) is 17.1 Å². The van der Waals surface area contributed by atoms with E-state index in [4.69, 9.17) is 10.8 Å². The zero-order valence-electron chi connectivity index (χ0n) is 10.8. The van der Waals surface area contributed by atoms with Crippen molar-refractivity contribution in [3.05, 3.63) is 57.8 Å². The van der Waals surface area contributed by atoms with Crippen LogP contribution >= 0.6 is 0 Å². The van der Waals surface area contributed by atoms with Crippen LogP contribution in [0.15, 0.2) is 36.5 Å². The highest BCUT2D eigenvalue weighted by molar-refractivity contribution is 5.93. The number of aliphatic hydroxyl groups is 1. The molecule has 108 valence electrons. The summed E-state index contributed by atoms with van der Waals surface area (Å²) in [7, 11) is 0. The van der Waals surface area contributed by atoms with Gasteiger partial charge in [0.2, 0.25) is 5.82 Å². The number of nitrogens with zero attached hydrogens (tertiary/aromatic N) is 2. The van der Waals surface area contributed by atoms with Crippen LogP contribution in [0.25, 0.3) is 0 Å². The van der Waals surface area contributed by atoms with Crippen molar-refractivity contribution in [1.29, 1.82) is 0 Å². The second-order valence-corrected chi connectivity index (χ2v) is 4.19.